The van der Waals surface area contributed by atoms with E-state index in [1.165, 1.54) is 0 Å². The largest absolute Gasteiger partial charge is 0.393 e. The monoisotopic (exact) mass is 456 g/mol. The summed E-state index contributed by atoms with van der Waals surface area (Å²) in [7, 11) is 0. The zero-order valence-electron chi connectivity index (χ0n) is 16.4. The Labute approximate surface area is 178 Å². The fraction of sp³-hybridized carbons (Fsp3) is 0.389. The average molecular weight is 456 g/mol. The molecule has 1 fully saturated rings. The van der Waals surface area contributed by atoms with Crippen LogP contribution in [0.5, 0.6) is 0 Å². The van der Waals surface area contributed by atoms with Gasteiger partial charge in [-0.05, 0) is 12.0 Å². The Bertz CT molecular complexity index is 1120. The van der Waals surface area contributed by atoms with Crippen molar-refractivity contribution in [1.29, 1.82) is 0 Å². The van der Waals surface area contributed by atoms with E-state index in [1.54, 1.807) is 35.3 Å². The Balaban J connectivity index is 2.14. The first-order valence-corrected chi connectivity index (χ1v) is 9.21. The van der Waals surface area contributed by atoms with Gasteiger partial charge in [-0.2, -0.15) is 0 Å². The van der Waals surface area contributed by atoms with Crippen molar-refractivity contribution in [3.05, 3.63) is 68.5 Å². The molecule has 4 atom stereocenters. The van der Waals surface area contributed by atoms with Gasteiger partial charge in [-0.3, -0.25) is 14.6 Å². The van der Waals surface area contributed by atoms with Crippen LogP contribution >= 0.6 is 0 Å². The van der Waals surface area contributed by atoms with Crippen molar-refractivity contribution < 1.29 is 39.6 Å². The highest BCUT2D eigenvalue weighted by atomic mass is 19.2. The minimum atomic E-state index is -4.07. The van der Waals surface area contributed by atoms with Crippen LogP contribution in [0.3, 0.4) is 0 Å². The van der Waals surface area contributed by atoms with Gasteiger partial charge in [0.2, 0.25) is 0 Å². The van der Waals surface area contributed by atoms with Crippen LogP contribution in [0.2, 0.25) is 0 Å². The summed E-state index contributed by atoms with van der Waals surface area (Å²) >= 11 is 0. The number of ether oxygens (including phenoxy) is 1. The Kier molecular flexibility index (Phi) is 6.05. The van der Waals surface area contributed by atoms with Crippen molar-refractivity contribution in [2.75, 3.05) is 13.2 Å². The van der Waals surface area contributed by atoms with Crippen molar-refractivity contribution in [2.24, 2.45) is 5.73 Å². The molecular formula is C18H21FN4O9. The lowest BCUT2D eigenvalue weighted by atomic mass is 9.97. The third kappa shape index (κ3) is 3.43. The number of aromatic nitrogens is 2. The number of amides is 1. The van der Waals surface area contributed by atoms with Gasteiger partial charge in [-0.15, -0.1) is 5.06 Å². The molecular weight excluding hydrogens is 435 g/mol. The van der Waals surface area contributed by atoms with E-state index in [2.05, 4.69) is 0 Å². The molecule has 0 aliphatic carbocycles. The standard InChI is InChI=1S/C18H21FN4O9/c19-16(28)12(9-24)32-18(30,22-8-11(13(20)25)14(26)21-15(22)27)17(16,29)23(31)7-6-10-4-2-1-3-5-10/h1-5,8,12,24,28-31H,6-7,9H2,(H2,20,25)(H,21,26,27)/t12-,16-,17-,18-/m1/s1. The number of benzene rings is 1. The molecule has 0 unspecified atom stereocenters. The Morgan fingerprint density at radius 3 is 2.44 bits per heavy atom. The summed E-state index contributed by atoms with van der Waals surface area (Å²) in [5.74, 6) is -9.07. The molecule has 0 bridgehead atoms. The minimum absolute atomic E-state index is 0.0390. The van der Waals surface area contributed by atoms with E-state index < -0.39 is 59.5 Å². The molecule has 2 aromatic rings. The number of carbonyl (C=O) groups excluding carboxylic acids is 1. The molecule has 1 amide bonds. The van der Waals surface area contributed by atoms with Crippen LogP contribution in [0.1, 0.15) is 15.9 Å². The summed E-state index contributed by atoms with van der Waals surface area (Å²) in [6, 6.07) is 8.32. The van der Waals surface area contributed by atoms with Gasteiger partial charge < -0.3 is 36.1 Å². The predicted octanol–water partition coefficient (Wildman–Crippen LogP) is -3.09. The summed E-state index contributed by atoms with van der Waals surface area (Å²) in [5.41, 5.74) is -1.87. The average Bonchev–Trinajstić information content (AvgIpc) is 2.90. The quantitative estimate of drug-likeness (QED) is 0.165. The molecule has 1 saturated heterocycles. The van der Waals surface area contributed by atoms with Gasteiger partial charge >= 0.3 is 11.6 Å². The number of primary amides is 1. The normalized spacial score (nSPS) is 30.0. The summed E-state index contributed by atoms with van der Waals surface area (Å²) in [6.45, 7) is -1.93. The van der Waals surface area contributed by atoms with Crippen LogP contribution in [-0.2, 0) is 17.1 Å². The lowest BCUT2D eigenvalue weighted by Crippen LogP contribution is -2.72. The molecule has 13 nitrogen and oxygen atoms in total. The number of nitrogens with zero attached hydrogens (tertiary/aromatic N) is 2. The molecule has 0 radical (unpaired) electrons. The number of H-pyrrole nitrogens is 1. The Morgan fingerprint density at radius 1 is 1.25 bits per heavy atom. The van der Waals surface area contributed by atoms with E-state index in [4.69, 9.17) is 10.5 Å². The second kappa shape index (κ2) is 8.18. The second-order valence-corrected chi connectivity index (χ2v) is 7.14. The van der Waals surface area contributed by atoms with E-state index >= 15 is 4.39 Å². The van der Waals surface area contributed by atoms with Crippen molar-refractivity contribution in [2.45, 2.75) is 30.0 Å². The van der Waals surface area contributed by atoms with E-state index in [-0.39, 0.29) is 16.1 Å². The smallest absolute Gasteiger partial charge is 0.332 e. The summed E-state index contributed by atoms with van der Waals surface area (Å²) in [5, 5.41) is 52.2. The molecule has 32 heavy (non-hydrogen) atoms. The maximum atomic E-state index is 15.3. The third-order valence-electron chi connectivity index (χ3n) is 5.20. The van der Waals surface area contributed by atoms with Gasteiger partial charge in [0.05, 0.1) is 6.61 Å². The molecule has 2 heterocycles. The molecule has 1 aliphatic rings. The second-order valence-electron chi connectivity index (χ2n) is 7.14. The number of rotatable bonds is 7. The molecule has 8 N–H and O–H groups in total. The van der Waals surface area contributed by atoms with Crippen molar-refractivity contribution in [1.82, 2.24) is 14.6 Å². The molecule has 174 valence electrons. The number of carbonyl (C=O) groups is 1. The first kappa shape index (κ1) is 23.7. The molecule has 3 rings (SSSR count). The maximum Gasteiger partial charge on any atom is 0.332 e. The molecule has 0 saturated carbocycles. The molecule has 1 aliphatic heterocycles. The fourth-order valence-corrected chi connectivity index (χ4v) is 3.46. The van der Waals surface area contributed by atoms with Gasteiger partial charge in [-0.1, -0.05) is 30.3 Å². The lowest BCUT2D eigenvalue weighted by Gasteiger charge is -2.43. The fourth-order valence-electron chi connectivity index (χ4n) is 3.46. The number of alkyl halides is 1. The van der Waals surface area contributed by atoms with Crippen LogP contribution in [0, 0.1) is 0 Å². The molecule has 1 aromatic heterocycles. The number of halogens is 1. The zero-order chi connectivity index (χ0) is 23.9. The SMILES string of the molecule is NC(=O)c1cn([C@]2(O)O[C@H](CO)[C@](O)(F)[C@]2(O)N(O)CCc2ccccc2)c(=O)[nH]c1=O. The van der Waals surface area contributed by atoms with Crippen LogP contribution in [0.25, 0.3) is 0 Å². The summed E-state index contributed by atoms with van der Waals surface area (Å²) in [4.78, 5) is 37.2. The number of nitrogens with one attached hydrogen (secondary N) is 1. The van der Waals surface area contributed by atoms with Gasteiger partial charge in [-0.25, -0.2) is 13.8 Å². The minimum Gasteiger partial charge on any atom is -0.393 e. The topological polar surface area (TPSA) is 212 Å². The van der Waals surface area contributed by atoms with Crippen LogP contribution in [0.15, 0.2) is 46.1 Å². The highest BCUT2D eigenvalue weighted by molar-refractivity contribution is 5.91. The maximum absolute atomic E-state index is 15.3. The van der Waals surface area contributed by atoms with E-state index in [0.29, 0.717) is 11.8 Å². The van der Waals surface area contributed by atoms with Crippen molar-refractivity contribution >= 4 is 5.91 Å². The van der Waals surface area contributed by atoms with Crippen LogP contribution < -0.4 is 17.0 Å². The Morgan fingerprint density at radius 2 is 1.88 bits per heavy atom. The van der Waals surface area contributed by atoms with Gasteiger partial charge in [0.1, 0.15) is 11.7 Å². The van der Waals surface area contributed by atoms with E-state index in [1.807, 2.05) is 0 Å². The van der Waals surface area contributed by atoms with Crippen LogP contribution in [0.4, 0.5) is 4.39 Å². The zero-order valence-corrected chi connectivity index (χ0v) is 16.4. The third-order valence-corrected chi connectivity index (χ3v) is 5.20. The number of aliphatic hydroxyl groups is 4. The van der Waals surface area contributed by atoms with Crippen molar-refractivity contribution in [3.8, 4) is 0 Å². The van der Waals surface area contributed by atoms with E-state index in [9.17, 15) is 40.0 Å². The van der Waals surface area contributed by atoms with Crippen LogP contribution in [-0.4, -0.2) is 77.0 Å². The number of aliphatic hydroxyl groups excluding tert-OH is 1. The number of hydroxylamine groups is 2. The first-order chi connectivity index (χ1) is 14.9. The Hall–Kier alpha value is -2.98. The number of aromatic amines is 1. The van der Waals surface area contributed by atoms with E-state index in [0.717, 1.165) is 0 Å². The van der Waals surface area contributed by atoms with Gasteiger partial charge in [0, 0.05) is 12.7 Å². The number of nitrogens with two attached hydrogens (primary N) is 1. The first-order valence-electron chi connectivity index (χ1n) is 9.21. The predicted molar refractivity (Wildman–Crippen MR) is 102 cm³/mol. The lowest BCUT2D eigenvalue weighted by molar-refractivity contribution is -0.433. The molecule has 1 aromatic carbocycles. The number of hydrogen-bond donors (Lipinski definition) is 7. The summed E-state index contributed by atoms with van der Waals surface area (Å²) < 4.78 is 20.2. The summed E-state index contributed by atoms with van der Waals surface area (Å²) in [6.07, 6.45) is -2.06. The number of hydrogen-bond acceptors (Lipinski definition) is 10. The van der Waals surface area contributed by atoms with Crippen molar-refractivity contribution in [3.63, 3.8) is 0 Å². The van der Waals surface area contributed by atoms with Gasteiger partial charge in [0.25, 0.3) is 23.0 Å². The molecule has 14 heteroatoms. The highest BCUT2D eigenvalue weighted by Crippen LogP contribution is 2.50. The molecule has 0 spiro atoms. The highest BCUT2D eigenvalue weighted by Gasteiger charge is 2.79. The van der Waals surface area contributed by atoms with Gasteiger partial charge in [0.15, 0.2) is 0 Å².